The number of para-hydroxylation sites is 2. The van der Waals surface area contributed by atoms with E-state index in [-0.39, 0.29) is 5.38 Å². The average molecular weight is 299 g/mol. The number of hydrogen-bond acceptors (Lipinski definition) is 1. The van der Waals surface area contributed by atoms with Gasteiger partial charge in [-0.05, 0) is 42.7 Å². The number of nitrogens with zero attached hydrogens (tertiary/aromatic N) is 2. The van der Waals surface area contributed by atoms with Gasteiger partial charge in [0.15, 0.2) is 0 Å². The zero-order valence-electron chi connectivity index (χ0n) is 12.5. The minimum absolute atomic E-state index is 0.139. The molecule has 0 aliphatic rings. The third-order valence-corrected chi connectivity index (χ3v) is 3.93. The Balaban J connectivity index is 2.28. The van der Waals surface area contributed by atoms with Crippen molar-refractivity contribution in [2.45, 2.75) is 32.1 Å². The third-order valence-electron chi connectivity index (χ3n) is 3.74. The van der Waals surface area contributed by atoms with Gasteiger partial charge in [0, 0.05) is 5.69 Å². The first kappa shape index (κ1) is 14.2. The molecule has 1 aromatic heterocycles. The molecule has 0 fully saturated rings. The maximum Gasteiger partial charge on any atom is 0.132 e. The molecule has 0 aliphatic heterocycles. The first-order valence-electron chi connectivity index (χ1n) is 7.29. The highest BCUT2D eigenvalue weighted by Crippen LogP contribution is 2.29. The Hall–Kier alpha value is -1.80. The molecule has 1 atom stereocenters. The predicted octanol–water partition coefficient (Wildman–Crippen LogP) is 5.45. The first-order chi connectivity index (χ1) is 10.1. The number of halogens is 1. The van der Waals surface area contributed by atoms with Gasteiger partial charge in [-0.1, -0.05) is 38.1 Å². The van der Waals surface area contributed by atoms with Crippen molar-refractivity contribution in [3.8, 4) is 5.69 Å². The lowest BCUT2D eigenvalue weighted by molar-refractivity contribution is 0.852. The molecule has 3 aromatic rings. The molecule has 21 heavy (non-hydrogen) atoms. The molecule has 2 aromatic carbocycles. The number of imidazole rings is 1. The number of alkyl halides is 1. The van der Waals surface area contributed by atoms with Gasteiger partial charge >= 0.3 is 0 Å². The van der Waals surface area contributed by atoms with Crippen molar-refractivity contribution >= 4 is 22.6 Å². The van der Waals surface area contributed by atoms with Crippen LogP contribution in [0, 0.1) is 0 Å². The highest BCUT2D eigenvalue weighted by Gasteiger charge is 2.16. The molecule has 0 aliphatic carbocycles. The fourth-order valence-corrected chi connectivity index (χ4v) is 2.75. The molecular weight excluding hydrogens is 280 g/mol. The summed E-state index contributed by atoms with van der Waals surface area (Å²) in [4.78, 5) is 4.69. The fourth-order valence-electron chi connectivity index (χ4n) is 2.61. The highest BCUT2D eigenvalue weighted by molar-refractivity contribution is 6.20. The van der Waals surface area contributed by atoms with Gasteiger partial charge in [0.2, 0.25) is 0 Å². The van der Waals surface area contributed by atoms with Gasteiger partial charge in [-0.25, -0.2) is 4.98 Å². The maximum absolute atomic E-state index is 6.35. The van der Waals surface area contributed by atoms with E-state index >= 15 is 0 Å². The summed E-state index contributed by atoms with van der Waals surface area (Å²) in [6, 6.07) is 16.8. The van der Waals surface area contributed by atoms with E-state index in [0.717, 1.165) is 22.5 Å². The normalized spacial score (nSPS) is 13.0. The van der Waals surface area contributed by atoms with Crippen LogP contribution in [0.2, 0.25) is 0 Å². The van der Waals surface area contributed by atoms with Crippen LogP contribution in [0.25, 0.3) is 16.7 Å². The van der Waals surface area contributed by atoms with Crippen molar-refractivity contribution in [3.63, 3.8) is 0 Å². The van der Waals surface area contributed by atoms with Gasteiger partial charge in [0.25, 0.3) is 0 Å². The Kier molecular flexibility index (Phi) is 3.73. The lowest BCUT2D eigenvalue weighted by Crippen LogP contribution is -2.02. The van der Waals surface area contributed by atoms with Gasteiger partial charge in [-0.15, -0.1) is 11.6 Å². The van der Waals surface area contributed by atoms with E-state index in [1.54, 1.807) is 0 Å². The molecule has 1 heterocycles. The topological polar surface area (TPSA) is 17.8 Å². The molecule has 3 heteroatoms. The largest absolute Gasteiger partial charge is 0.295 e. The molecule has 2 nitrogen and oxygen atoms in total. The van der Waals surface area contributed by atoms with Crippen LogP contribution in [0.1, 0.15) is 43.5 Å². The van der Waals surface area contributed by atoms with Crippen LogP contribution >= 0.6 is 11.6 Å². The van der Waals surface area contributed by atoms with Gasteiger partial charge in [-0.2, -0.15) is 0 Å². The van der Waals surface area contributed by atoms with Crippen molar-refractivity contribution in [1.82, 2.24) is 9.55 Å². The predicted molar refractivity (Wildman–Crippen MR) is 89.4 cm³/mol. The van der Waals surface area contributed by atoms with E-state index < -0.39 is 0 Å². The Morgan fingerprint density at radius 3 is 2.48 bits per heavy atom. The Morgan fingerprint density at radius 2 is 1.76 bits per heavy atom. The van der Waals surface area contributed by atoms with Crippen LogP contribution < -0.4 is 0 Å². The zero-order valence-corrected chi connectivity index (χ0v) is 13.3. The van der Waals surface area contributed by atoms with Crippen molar-refractivity contribution in [2.24, 2.45) is 0 Å². The monoisotopic (exact) mass is 298 g/mol. The lowest BCUT2D eigenvalue weighted by Gasteiger charge is -2.13. The smallest absolute Gasteiger partial charge is 0.132 e. The van der Waals surface area contributed by atoms with E-state index in [1.807, 2.05) is 25.1 Å². The number of rotatable bonds is 3. The van der Waals surface area contributed by atoms with Gasteiger partial charge in [0.05, 0.1) is 16.4 Å². The SMILES string of the molecule is CC(C)c1cccc(-n2c(C(C)Cl)nc3ccccc32)c1. The second-order valence-corrected chi connectivity index (χ2v) is 6.31. The Bertz CT molecular complexity index is 772. The van der Waals surface area contributed by atoms with Crippen LogP contribution in [0.3, 0.4) is 0 Å². The van der Waals surface area contributed by atoms with Crippen LogP contribution in [0.4, 0.5) is 0 Å². The van der Waals surface area contributed by atoms with Gasteiger partial charge in [0.1, 0.15) is 5.82 Å². The summed E-state index contributed by atoms with van der Waals surface area (Å²) in [6.45, 7) is 6.37. The molecule has 0 radical (unpaired) electrons. The van der Waals surface area contributed by atoms with Gasteiger partial charge in [-0.3, -0.25) is 4.57 Å². The average Bonchev–Trinajstić information content (AvgIpc) is 2.87. The summed E-state index contributed by atoms with van der Waals surface area (Å²) in [5.74, 6) is 1.38. The molecular formula is C18H19ClN2. The molecule has 0 saturated carbocycles. The van der Waals surface area contributed by atoms with E-state index in [0.29, 0.717) is 5.92 Å². The highest BCUT2D eigenvalue weighted by atomic mass is 35.5. The summed E-state index contributed by atoms with van der Waals surface area (Å²) in [5.41, 5.74) is 4.52. The molecule has 108 valence electrons. The maximum atomic E-state index is 6.35. The summed E-state index contributed by atoms with van der Waals surface area (Å²) >= 11 is 6.35. The summed E-state index contributed by atoms with van der Waals surface area (Å²) in [5, 5.41) is -0.139. The minimum atomic E-state index is -0.139. The van der Waals surface area contributed by atoms with Crippen LogP contribution in [0.5, 0.6) is 0 Å². The Labute approximate surface area is 130 Å². The van der Waals surface area contributed by atoms with Gasteiger partial charge < -0.3 is 0 Å². The third kappa shape index (κ3) is 2.56. The van der Waals surface area contributed by atoms with Crippen molar-refractivity contribution in [2.75, 3.05) is 0 Å². The van der Waals surface area contributed by atoms with E-state index in [9.17, 15) is 0 Å². The van der Waals surface area contributed by atoms with E-state index in [2.05, 4.69) is 48.7 Å². The number of benzene rings is 2. The summed E-state index contributed by atoms with van der Waals surface area (Å²) < 4.78 is 2.17. The molecule has 3 rings (SSSR count). The zero-order chi connectivity index (χ0) is 15.0. The van der Waals surface area contributed by atoms with Crippen molar-refractivity contribution < 1.29 is 0 Å². The first-order valence-corrected chi connectivity index (χ1v) is 7.73. The Morgan fingerprint density at radius 1 is 1.00 bits per heavy atom. The fraction of sp³-hybridized carbons (Fsp3) is 0.278. The van der Waals surface area contributed by atoms with Crippen molar-refractivity contribution in [1.29, 1.82) is 0 Å². The quantitative estimate of drug-likeness (QED) is 0.588. The summed E-state index contributed by atoms with van der Waals surface area (Å²) in [7, 11) is 0. The molecule has 0 saturated heterocycles. The van der Waals surface area contributed by atoms with E-state index in [1.165, 1.54) is 5.56 Å². The number of fused-ring (bicyclic) bond motifs is 1. The van der Waals surface area contributed by atoms with Crippen molar-refractivity contribution in [3.05, 3.63) is 59.9 Å². The molecule has 0 spiro atoms. The minimum Gasteiger partial charge on any atom is -0.295 e. The number of hydrogen-bond donors (Lipinski definition) is 0. The molecule has 0 bridgehead atoms. The van der Waals surface area contributed by atoms with Crippen LogP contribution in [-0.4, -0.2) is 9.55 Å². The molecule has 1 unspecified atom stereocenters. The standard InChI is InChI=1S/C18H19ClN2/c1-12(2)14-7-6-8-15(11-14)21-17-10-5-4-9-16(17)20-18(21)13(3)19/h4-13H,1-3H3. The second-order valence-electron chi connectivity index (χ2n) is 5.66. The van der Waals surface area contributed by atoms with Crippen LogP contribution in [-0.2, 0) is 0 Å². The lowest BCUT2D eigenvalue weighted by atomic mass is 10.0. The summed E-state index contributed by atoms with van der Waals surface area (Å²) in [6.07, 6.45) is 0. The van der Waals surface area contributed by atoms with Crippen LogP contribution in [0.15, 0.2) is 48.5 Å². The number of aromatic nitrogens is 2. The molecule has 0 N–H and O–H groups in total. The molecule has 0 amide bonds. The second kappa shape index (κ2) is 5.53. The van der Waals surface area contributed by atoms with E-state index in [4.69, 9.17) is 16.6 Å².